The fourth-order valence-corrected chi connectivity index (χ4v) is 2.98. The molecule has 2 nitrogen and oxygen atoms in total. The number of rotatable bonds is 3. The summed E-state index contributed by atoms with van der Waals surface area (Å²) in [6.45, 7) is 0.807. The second-order valence-electron chi connectivity index (χ2n) is 5.02. The average Bonchev–Trinajstić information content (AvgIpc) is 2.63. The van der Waals surface area contributed by atoms with Crippen LogP contribution in [-0.2, 0) is 0 Å². The van der Waals surface area contributed by atoms with Crippen LogP contribution in [-0.4, -0.2) is 13.7 Å². The Morgan fingerprint density at radius 1 is 1.24 bits per heavy atom. The number of hydrogen-bond donors (Lipinski definition) is 1. The van der Waals surface area contributed by atoms with Gasteiger partial charge in [0.15, 0.2) is 0 Å². The zero-order valence-corrected chi connectivity index (χ0v) is 10.7. The summed E-state index contributed by atoms with van der Waals surface area (Å²) in [7, 11) is 1.73. The topological polar surface area (TPSA) is 35.2 Å². The Morgan fingerprint density at radius 3 is 2.82 bits per heavy atom. The van der Waals surface area contributed by atoms with Gasteiger partial charge in [-0.2, -0.15) is 0 Å². The molecule has 0 bridgehead atoms. The van der Waals surface area contributed by atoms with Crippen LogP contribution < -0.4 is 10.5 Å². The highest BCUT2D eigenvalue weighted by molar-refractivity contribution is 5.31. The van der Waals surface area contributed by atoms with Crippen LogP contribution in [0.2, 0.25) is 0 Å². The third-order valence-electron chi connectivity index (χ3n) is 3.98. The molecule has 1 aromatic rings. The van der Waals surface area contributed by atoms with Crippen molar-refractivity contribution in [3.05, 3.63) is 29.8 Å². The Balaban J connectivity index is 2.21. The monoisotopic (exact) mass is 233 g/mol. The standard InChI is InChI=1S/C15H23NO/c1-17-14-8-5-7-12(10-14)15-9-4-2-3-6-13(15)11-16/h5,7-8,10,13,15H,2-4,6,9,11,16H2,1H3. The summed E-state index contributed by atoms with van der Waals surface area (Å²) in [6, 6.07) is 8.50. The summed E-state index contributed by atoms with van der Waals surface area (Å²) < 4.78 is 5.31. The lowest BCUT2D eigenvalue weighted by Gasteiger charge is -2.24. The highest BCUT2D eigenvalue weighted by atomic mass is 16.5. The van der Waals surface area contributed by atoms with E-state index in [1.54, 1.807) is 7.11 Å². The molecule has 2 rings (SSSR count). The van der Waals surface area contributed by atoms with Crippen molar-refractivity contribution in [1.29, 1.82) is 0 Å². The first-order valence-electron chi connectivity index (χ1n) is 6.69. The normalized spacial score (nSPS) is 25.3. The van der Waals surface area contributed by atoms with Crippen LogP contribution in [0.15, 0.2) is 24.3 Å². The van der Waals surface area contributed by atoms with Crippen molar-refractivity contribution in [2.75, 3.05) is 13.7 Å². The molecular formula is C15H23NO. The number of benzene rings is 1. The second-order valence-corrected chi connectivity index (χ2v) is 5.02. The van der Waals surface area contributed by atoms with E-state index in [9.17, 15) is 0 Å². The molecule has 0 aliphatic heterocycles. The second kappa shape index (κ2) is 6.06. The van der Waals surface area contributed by atoms with Gasteiger partial charge < -0.3 is 10.5 Å². The van der Waals surface area contributed by atoms with Crippen LogP contribution in [0.25, 0.3) is 0 Å². The highest BCUT2D eigenvalue weighted by Gasteiger charge is 2.24. The summed E-state index contributed by atoms with van der Waals surface area (Å²) in [5.41, 5.74) is 7.34. The van der Waals surface area contributed by atoms with E-state index in [0.29, 0.717) is 11.8 Å². The molecule has 0 radical (unpaired) electrons. The summed E-state index contributed by atoms with van der Waals surface area (Å²) >= 11 is 0. The van der Waals surface area contributed by atoms with Gasteiger partial charge >= 0.3 is 0 Å². The molecule has 0 spiro atoms. The van der Waals surface area contributed by atoms with Crippen molar-refractivity contribution in [2.24, 2.45) is 11.7 Å². The largest absolute Gasteiger partial charge is 0.497 e. The SMILES string of the molecule is COc1cccc(C2CCCCCC2CN)c1. The van der Waals surface area contributed by atoms with Crippen molar-refractivity contribution >= 4 is 0 Å². The molecule has 0 amide bonds. The van der Waals surface area contributed by atoms with Crippen LogP contribution in [0, 0.1) is 5.92 Å². The minimum Gasteiger partial charge on any atom is -0.497 e. The summed E-state index contributed by atoms with van der Waals surface area (Å²) in [5, 5.41) is 0. The molecule has 1 aromatic carbocycles. The van der Waals surface area contributed by atoms with Crippen LogP contribution in [0.3, 0.4) is 0 Å². The molecule has 0 saturated heterocycles. The predicted octanol–water partition coefficient (Wildman–Crippen LogP) is 3.32. The maximum Gasteiger partial charge on any atom is 0.119 e. The van der Waals surface area contributed by atoms with Gasteiger partial charge in [-0.15, -0.1) is 0 Å². The number of hydrogen-bond acceptors (Lipinski definition) is 2. The van der Waals surface area contributed by atoms with Crippen molar-refractivity contribution in [1.82, 2.24) is 0 Å². The fraction of sp³-hybridized carbons (Fsp3) is 0.600. The highest BCUT2D eigenvalue weighted by Crippen LogP contribution is 2.36. The zero-order valence-electron chi connectivity index (χ0n) is 10.7. The van der Waals surface area contributed by atoms with Crippen LogP contribution >= 0.6 is 0 Å². The van der Waals surface area contributed by atoms with E-state index in [4.69, 9.17) is 10.5 Å². The van der Waals surface area contributed by atoms with Crippen molar-refractivity contribution < 1.29 is 4.74 Å². The van der Waals surface area contributed by atoms with Crippen LogP contribution in [0.1, 0.15) is 43.6 Å². The van der Waals surface area contributed by atoms with E-state index in [0.717, 1.165) is 12.3 Å². The van der Waals surface area contributed by atoms with E-state index < -0.39 is 0 Å². The fourth-order valence-electron chi connectivity index (χ4n) is 2.98. The molecule has 1 fully saturated rings. The first-order valence-corrected chi connectivity index (χ1v) is 6.69. The average molecular weight is 233 g/mol. The molecule has 1 aliphatic rings. The van der Waals surface area contributed by atoms with Crippen molar-refractivity contribution in [2.45, 2.75) is 38.0 Å². The first kappa shape index (κ1) is 12.4. The molecule has 94 valence electrons. The minimum absolute atomic E-state index is 0.623. The van der Waals surface area contributed by atoms with Crippen molar-refractivity contribution in [3.8, 4) is 5.75 Å². The third-order valence-corrected chi connectivity index (χ3v) is 3.98. The number of nitrogens with two attached hydrogens (primary N) is 1. The zero-order chi connectivity index (χ0) is 12.1. The van der Waals surface area contributed by atoms with E-state index in [1.807, 2.05) is 6.07 Å². The van der Waals surface area contributed by atoms with E-state index in [-0.39, 0.29) is 0 Å². The summed E-state index contributed by atoms with van der Waals surface area (Å²) in [5.74, 6) is 2.23. The van der Waals surface area contributed by atoms with E-state index in [2.05, 4.69) is 18.2 Å². The van der Waals surface area contributed by atoms with Gasteiger partial charge in [0.1, 0.15) is 5.75 Å². The number of methoxy groups -OCH3 is 1. The Kier molecular flexibility index (Phi) is 4.43. The van der Waals surface area contributed by atoms with Gasteiger partial charge in [-0.1, -0.05) is 31.4 Å². The molecular weight excluding hydrogens is 210 g/mol. The molecule has 2 atom stereocenters. The molecule has 2 heteroatoms. The molecule has 1 aliphatic carbocycles. The maximum atomic E-state index is 5.94. The van der Waals surface area contributed by atoms with Gasteiger partial charge in [0.2, 0.25) is 0 Å². The lowest BCUT2D eigenvalue weighted by molar-refractivity contribution is 0.398. The van der Waals surface area contributed by atoms with E-state index >= 15 is 0 Å². The lowest BCUT2D eigenvalue weighted by Crippen LogP contribution is -2.21. The molecule has 2 unspecified atom stereocenters. The minimum atomic E-state index is 0.623. The predicted molar refractivity (Wildman–Crippen MR) is 71.4 cm³/mol. The number of ether oxygens (including phenoxy) is 1. The molecule has 17 heavy (non-hydrogen) atoms. The Bertz CT molecular complexity index is 351. The molecule has 1 saturated carbocycles. The molecule has 0 aromatic heterocycles. The third kappa shape index (κ3) is 3.01. The van der Waals surface area contributed by atoms with Crippen molar-refractivity contribution in [3.63, 3.8) is 0 Å². The maximum absolute atomic E-state index is 5.94. The summed E-state index contributed by atoms with van der Waals surface area (Å²) in [6.07, 6.45) is 6.57. The van der Waals surface area contributed by atoms with Gasteiger partial charge in [0.25, 0.3) is 0 Å². The smallest absolute Gasteiger partial charge is 0.119 e. The lowest BCUT2D eigenvalue weighted by atomic mass is 9.82. The van der Waals surface area contributed by atoms with Gasteiger partial charge in [-0.05, 0) is 48.9 Å². The molecule has 0 heterocycles. The Morgan fingerprint density at radius 2 is 2.06 bits per heavy atom. The Labute approximate surface area is 104 Å². The van der Waals surface area contributed by atoms with Gasteiger partial charge in [-0.3, -0.25) is 0 Å². The Hall–Kier alpha value is -1.02. The summed E-state index contributed by atoms with van der Waals surface area (Å²) in [4.78, 5) is 0. The van der Waals surface area contributed by atoms with Crippen LogP contribution in [0.5, 0.6) is 5.75 Å². The van der Waals surface area contributed by atoms with Gasteiger partial charge in [0.05, 0.1) is 7.11 Å². The van der Waals surface area contributed by atoms with E-state index in [1.165, 1.54) is 37.7 Å². The first-order chi connectivity index (χ1) is 8.35. The van der Waals surface area contributed by atoms with Gasteiger partial charge in [0, 0.05) is 0 Å². The quantitative estimate of drug-likeness (QED) is 0.813. The van der Waals surface area contributed by atoms with Crippen LogP contribution in [0.4, 0.5) is 0 Å². The molecule has 2 N–H and O–H groups in total. The van der Waals surface area contributed by atoms with Gasteiger partial charge in [-0.25, -0.2) is 0 Å².